The predicted octanol–water partition coefficient (Wildman–Crippen LogP) is 4.70. The molecule has 200 valence electrons. The first kappa shape index (κ1) is 27.6. The molecule has 1 fully saturated rings. The molecule has 1 saturated heterocycles. The van der Waals surface area contributed by atoms with Gasteiger partial charge in [-0.05, 0) is 86.3 Å². The van der Waals surface area contributed by atoms with Crippen molar-refractivity contribution in [3.63, 3.8) is 0 Å². The van der Waals surface area contributed by atoms with E-state index in [0.29, 0.717) is 23.9 Å². The van der Waals surface area contributed by atoms with Gasteiger partial charge in [-0.15, -0.1) is 0 Å². The summed E-state index contributed by atoms with van der Waals surface area (Å²) in [6.45, 7) is 4.35. The molecule has 0 aliphatic carbocycles. The van der Waals surface area contributed by atoms with Crippen molar-refractivity contribution in [2.45, 2.75) is 37.7 Å². The molecular weight excluding hydrogens is 526 g/mol. The fourth-order valence-corrected chi connectivity index (χ4v) is 5.69. The summed E-state index contributed by atoms with van der Waals surface area (Å²) in [6, 6.07) is 17.6. The summed E-state index contributed by atoms with van der Waals surface area (Å²) in [7, 11) is -4.11. The molecular formula is C28H30ClN3O5S. The molecule has 0 aromatic heterocycles. The Morgan fingerprint density at radius 3 is 2.45 bits per heavy atom. The summed E-state index contributed by atoms with van der Waals surface area (Å²) >= 11 is 5.96. The Bertz CT molecular complexity index is 1420. The van der Waals surface area contributed by atoms with Gasteiger partial charge in [0.2, 0.25) is 5.91 Å². The molecule has 0 bridgehead atoms. The number of sulfonamides is 1. The van der Waals surface area contributed by atoms with Crippen LogP contribution in [-0.2, 0) is 19.6 Å². The van der Waals surface area contributed by atoms with Gasteiger partial charge in [0.1, 0.15) is 6.54 Å². The van der Waals surface area contributed by atoms with E-state index in [1.807, 2.05) is 13.8 Å². The maximum atomic E-state index is 13.6. The number of nitrogens with one attached hydrogen (secondary N) is 2. The van der Waals surface area contributed by atoms with Crippen molar-refractivity contribution in [3.8, 4) is 0 Å². The Hall–Kier alpha value is -3.40. The zero-order valence-electron chi connectivity index (χ0n) is 21.2. The summed E-state index contributed by atoms with van der Waals surface area (Å²) in [4.78, 5) is 26.1. The summed E-state index contributed by atoms with van der Waals surface area (Å²) in [5.74, 6) is -0.948. The molecule has 0 saturated carbocycles. The summed E-state index contributed by atoms with van der Waals surface area (Å²) < 4.78 is 33.9. The van der Waals surface area contributed by atoms with Crippen LogP contribution in [0.15, 0.2) is 71.6 Å². The van der Waals surface area contributed by atoms with Crippen molar-refractivity contribution >= 4 is 44.8 Å². The van der Waals surface area contributed by atoms with Gasteiger partial charge in [0.15, 0.2) is 0 Å². The molecule has 38 heavy (non-hydrogen) atoms. The van der Waals surface area contributed by atoms with Crippen LogP contribution in [0, 0.1) is 13.8 Å². The SMILES string of the molecule is Cc1ccc(N(CC(=O)Nc2ccccc2C(=O)NC[C@H]2CCCO2)S(=O)(=O)c2ccc(Cl)cc2)cc1C. The molecule has 1 heterocycles. The molecule has 0 spiro atoms. The smallest absolute Gasteiger partial charge is 0.264 e. The van der Waals surface area contributed by atoms with Crippen LogP contribution >= 0.6 is 11.6 Å². The molecule has 10 heteroatoms. The van der Waals surface area contributed by atoms with E-state index >= 15 is 0 Å². The molecule has 2 N–H and O–H groups in total. The van der Waals surface area contributed by atoms with Crippen LogP contribution in [0.5, 0.6) is 0 Å². The number of para-hydroxylation sites is 1. The number of anilines is 2. The Morgan fingerprint density at radius 1 is 1.03 bits per heavy atom. The largest absolute Gasteiger partial charge is 0.376 e. The van der Waals surface area contributed by atoms with Crippen LogP contribution in [0.4, 0.5) is 11.4 Å². The summed E-state index contributed by atoms with van der Waals surface area (Å²) in [6.07, 6.45) is 1.82. The lowest BCUT2D eigenvalue weighted by Gasteiger charge is -2.25. The highest BCUT2D eigenvalue weighted by Crippen LogP contribution is 2.27. The number of hydrogen-bond acceptors (Lipinski definition) is 5. The topological polar surface area (TPSA) is 105 Å². The average molecular weight is 556 g/mol. The normalized spacial score (nSPS) is 15.2. The zero-order chi connectivity index (χ0) is 27.3. The number of carbonyl (C=O) groups is 2. The highest BCUT2D eigenvalue weighted by molar-refractivity contribution is 7.92. The molecule has 1 atom stereocenters. The van der Waals surface area contributed by atoms with Crippen molar-refractivity contribution in [3.05, 3.63) is 88.4 Å². The standard InChI is InChI=1S/C28H30ClN3O5S/c1-19-9-12-22(16-20(19)2)32(38(35,36)24-13-10-21(29)11-14-24)18-27(33)31-26-8-4-3-7-25(26)28(34)30-17-23-6-5-15-37-23/h3-4,7-14,16,23H,5-6,15,17-18H2,1-2H3,(H,30,34)(H,31,33)/t23-/m1/s1. The number of amides is 2. The van der Waals surface area contributed by atoms with Crippen molar-refractivity contribution in [1.29, 1.82) is 0 Å². The van der Waals surface area contributed by atoms with E-state index in [1.54, 1.807) is 42.5 Å². The van der Waals surface area contributed by atoms with Crippen LogP contribution in [0.1, 0.15) is 34.3 Å². The Balaban J connectivity index is 1.57. The Labute approximate surface area is 228 Å². The van der Waals surface area contributed by atoms with Gasteiger partial charge in [-0.25, -0.2) is 8.42 Å². The van der Waals surface area contributed by atoms with E-state index in [4.69, 9.17) is 16.3 Å². The van der Waals surface area contributed by atoms with E-state index in [2.05, 4.69) is 10.6 Å². The second-order valence-corrected chi connectivity index (χ2v) is 11.5. The third-order valence-corrected chi connectivity index (χ3v) is 8.47. The highest BCUT2D eigenvalue weighted by atomic mass is 35.5. The number of halogens is 1. The molecule has 1 aliphatic heterocycles. The molecule has 8 nitrogen and oxygen atoms in total. The third kappa shape index (κ3) is 6.53. The molecule has 0 radical (unpaired) electrons. The molecule has 2 amide bonds. The van der Waals surface area contributed by atoms with Gasteiger partial charge in [0, 0.05) is 18.2 Å². The lowest BCUT2D eigenvalue weighted by Crippen LogP contribution is -2.38. The maximum Gasteiger partial charge on any atom is 0.264 e. The minimum Gasteiger partial charge on any atom is -0.376 e. The van der Waals surface area contributed by atoms with E-state index in [0.717, 1.165) is 28.3 Å². The summed E-state index contributed by atoms with van der Waals surface area (Å²) in [5.41, 5.74) is 2.78. The minimum absolute atomic E-state index is 0.00170. The lowest BCUT2D eigenvalue weighted by atomic mass is 10.1. The van der Waals surface area contributed by atoms with Gasteiger partial charge in [-0.3, -0.25) is 13.9 Å². The van der Waals surface area contributed by atoms with E-state index in [9.17, 15) is 18.0 Å². The van der Waals surface area contributed by atoms with E-state index in [-0.39, 0.29) is 28.2 Å². The van der Waals surface area contributed by atoms with Crippen LogP contribution < -0.4 is 14.9 Å². The monoisotopic (exact) mass is 555 g/mol. The van der Waals surface area contributed by atoms with Crippen molar-refractivity contribution < 1.29 is 22.7 Å². The fourth-order valence-electron chi connectivity index (χ4n) is 4.15. The van der Waals surface area contributed by atoms with Crippen LogP contribution in [0.2, 0.25) is 5.02 Å². The first-order valence-corrected chi connectivity index (χ1v) is 14.1. The second kappa shape index (κ2) is 12.0. The van der Waals surface area contributed by atoms with Crippen molar-refractivity contribution in [1.82, 2.24) is 5.32 Å². The predicted molar refractivity (Wildman–Crippen MR) is 148 cm³/mol. The van der Waals surface area contributed by atoms with Crippen LogP contribution in [-0.4, -0.2) is 46.0 Å². The molecule has 3 aromatic rings. The first-order valence-electron chi connectivity index (χ1n) is 12.3. The number of benzene rings is 3. The third-order valence-electron chi connectivity index (χ3n) is 6.43. The maximum absolute atomic E-state index is 13.6. The zero-order valence-corrected chi connectivity index (χ0v) is 22.8. The second-order valence-electron chi connectivity index (χ2n) is 9.17. The van der Waals surface area contributed by atoms with E-state index in [1.165, 1.54) is 24.3 Å². The van der Waals surface area contributed by atoms with Crippen molar-refractivity contribution in [2.24, 2.45) is 0 Å². The number of aryl methyl sites for hydroxylation is 2. The molecule has 3 aromatic carbocycles. The average Bonchev–Trinajstić information content (AvgIpc) is 3.42. The number of rotatable bonds is 9. The highest BCUT2D eigenvalue weighted by Gasteiger charge is 2.28. The van der Waals surface area contributed by atoms with Gasteiger partial charge in [-0.1, -0.05) is 29.8 Å². The van der Waals surface area contributed by atoms with Crippen LogP contribution in [0.3, 0.4) is 0 Å². The Kier molecular flexibility index (Phi) is 8.71. The number of hydrogen-bond donors (Lipinski definition) is 2. The molecule has 0 unspecified atom stereocenters. The quantitative estimate of drug-likeness (QED) is 0.398. The fraction of sp³-hybridized carbons (Fsp3) is 0.286. The lowest BCUT2D eigenvalue weighted by molar-refractivity contribution is -0.114. The molecule has 4 rings (SSSR count). The number of nitrogens with zero attached hydrogens (tertiary/aromatic N) is 1. The number of carbonyl (C=O) groups excluding carboxylic acids is 2. The van der Waals surface area contributed by atoms with E-state index < -0.39 is 22.5 Å². The molecule has 1 aliphatic rings. The summed E-state index contributed by atoms with van der Waals surface area (Å²) in [5, 5.41) is 5.97. The number of ether oxygens (including phenoxy) is 1. The van der Waals surface area contributed by atoms with Gasteiger partial charge in [0.05, 0.1) is 27.9 Å². The van der Waals surface area contributed by atoms with Gasteiger partial charge >= 0.3 is 0 Å². The Morgan fingerprint density at radius 2 is 1.76 bits per heavy atom. The van der Waals surface area contributed by atoms with Crippen LogP contribution in [0.25, 0.3) is 0 Å². The van der Waals surface area contributed by atoms with Gasteiger partial charge in [0.25, 0.3) is 15.9 Å². The van der Waals surface area contributed by atoms with Crippen molar-refractivity contribution in [2.75, 3.05) is 29.3 Å². The van der Waals surface area contributed by atoms with Gasteiger partial charge in [-0.2, -0.15) is 0 Å². The van der Waals surface area contributed by atoms with Gasteiger partial charge < -0.3 is 15.4 Å². The minimum atomic E-state index is -4.11. The first-order chi connectivity index (χ1) is 18.1.